The molecule has 0 saturated heterocycles. The fraction of sp³-hybridized carbons (Fsp3) is 0.667. The smallest absolute Gasteiger partial charge is 0.406 e. The Morgan fingerprint density at radius 3 is 3.00 bits per heavy atom. The predicted molar refractivity (Wildman–Crippen MR) is 35.3 cm³/mol. The third kappa shape index (κ3) is 4.91. The third-order valence-electron chi connectivity index (χ3n) is 0.920. The number of alkyl carbamates (subject to hydrolysis) is 1. The van der Waals surface area contributed by atoms with Crippen molar-refractivity contribution in [3.8, 4) is 6.07 Å². The van der Waals surface area contributed by atoms with Crippen molar-refractivity contribution in [2.45, 2.75) is 12.8 Å². The zero-order chi connectivity index (χ0) is 7.82. The Kier molecular flexibility index (Phi) is 5.16. The predicted octanol–water partition coefficient (Wildman–Crippen LogP) is 0.646. The first kappa shape index (κ1) is 8.76. The van der Waals surface area contributed by atoms with Crippen LogP contribution in [-0.2, 0) is 4.74 Å². The van der Waals surface area contributed by atoms with Crippen LogP contribution in [0.1, 0.15) is 12.8 Å². The highest BCUT2D eigenvalue weighted by molar-refractivity contribution is 5.66. The Bertz CT molecular complexity index is 139. The molecule has 1 amide bonds. The minimum atomic E-state index is -0.446. The van der Waals surface area contributed by atoms with E-state index in [2.05, 4.69) is 10.1 Å². The molecule has 0 unspecified atom stereocenters. The second-order valence-electron chi connectivity index (χ2n) is 1.68. The van der Waals surface area contributed by atoms with Crippen molar-refractivity contribution < 1.29 is 9.53 Å². The number of nitrogens with one attached hydrogen (secondary N) is 1. The zero-order valence-corrected chi connectivity index (χ0v) is 5.89. The summed E-state index contributed by atoms with van der Waals surface area (Å²) in [4.78, 5) is 10.4. The topological polar surface area (TPSA) is 62.1 Å². The van der Waals surface area contributed by atoms with E-state index in [9.17, 15) is 4.79 Å². The van der Waals surface area contributed by atoms with Crippen molar-refractivity contribution in [1.82, 2.24) is 5.32 Å². The number of hydrogen-bond donors (Lipinski definition) is 1. The molecule has 0 atom stereocenters. The van der Waals surface area contributed by atoms with E-state index in [1.54, 1.807) is 0 Å². The minimum absolute atomic E-state index is 0.446. The fourth-order valence-electron chi connectivity index (χ4n) is 0.430. The maximum atomic E-state index is 10.4. The first-order valence-electron chi connectivity index (χ1n) is 3.00. The summed E-state index contributed by atoms with van der Waals surface area (Å²) in [5.74, 6) is 0. The number of nitrogens with zero attached hydrogens (tertiary/aromatic N) is 1. The Morgan fingerprint density at radius 2 is 2.50 bits per heavy atom. The van der Waals surface area contributed by atoms with Crippen LogP contribution in [0.25, 0.3) is 0 Å². The molecule has 0 aromatic rings. The maximum absolute atomic E-state index is 10.4. The molecule has 4 heteroatoms. The van der Waals surface area contributed by atoms with Crippen LogP contribution in [-0.4, -0.2) is 19.7 Å². The Morgan fingerprint density at radius 1 is 1.80 bits per heavy atom. The summed E-state index contributed by atoms with van der Waals surface area (Å²) in [5.41, 5.74) is 0. The van der Waals surface area contributed by atoms with Crippen LogP contribution >= 0.6 is 0 Å². The quantitative estimate of drug-likeness (QED) is 0.588. The molecule has 10 heavy (non-hydrogen) atoms. The standard InChI is InChI=1S/C6H10N2O2/c1-10-6(9)8-5-3-2-4-7/h2-3,5H2,1H3,(H,8,9). The van der Waals surface area contributed by atoms with Crippen LogP contribution < -0.4 is 5.32 Å². The van der Waals surface area contributed by atoms with Gasteiger partial charge in [0.15, 0.2) is 0 Å². The lowest BCUT2D eigenvalue weighted by Crippen LogP contribution is -2.23. The van der Waals surface area contributed by atoms with Gasteiger partial charge in [-0.25, -0.2) is 4.79 Å². The lowest BCUT2D eigenvalue weighted by molar-refractivity contribution is 0.171. The first-order chi connectivity index (χ1) is 4.81. The van der Waals surface area contributed by atoms with Crippen LogP contribution in [0.15, 0.2) is 0 Å². The molecule has 0 aromatic carbocycles. The summed E-state index contributed by atoms with van der Waals surface area (Å²) in [5, 5.41) is 10.5. The van der Waals surface area contributed by atoms with Gasteiger partial charge in [0.1, 0.15) is 0 Å². The van der Waals surface area contributed by atoms with Crippen molar-refractivity contribution in [2.75, 3.05) is 13.7 Å². The molecule has 0 fully saturated rings. The van der Waals surface area contributed by atoms with Crippen LogP contribution in [0.2, 0.25) is 0 Å². The number of rotatable bonds is 3. The number of methoxy groups -OCH3 is 1. The molecule has 0 saturated carbocycles. The van der Waals surface area contributed by atoms with E-state index < -0.39 is 6.09 Å². The van der Waals surface area contributed by atoms with E-state index in [-0.39, 0.29) is 0 Å². The summed E-state index contributed by atoms with van der Waals surface area (Å²) < 4.78 is 4.30. The summed E-state index contributed by atoms with van der Waals surface area (Å²) in [7, 11) is 1.31. The van der Waals surface area contributed by atoms with Gasteiger partial charge in [-0.2, -0.15) is 5.26 Å². The second-order valence-corrected chi connectivity index (χ2v) is 1.68. The molecule has 0 rings (SSSR count). The highest BCUT2D eigenvalue weighted by Crippen LogP contribution is 1.82. The van der Waals surface area contributed by atoms with Crippen LogP contribution in [0.3, 0.4) is 0 Å². The van der Waals surface area contributed by atoms with Crippen LogP contribution in [0.5, 0.6) is 0 Å². The highest BCUT2D eigenvalue weighted by Gasteiger charge is 1.94. The molecule has 0 radical (unpaired) electrons. The highest BCUT2D eigenvalue weighted by atomic mass is 16.5. The second kappa shape index (κ2) is 5.89. The normalized spacial score (nSPS) is 8.00. The van der Waals surface area contributed by atoms with Crippen LogP contribution in [0, 0.1) is 11.3 Å². The van der Waals surface area contributed by atoms with Crippen molar-refractivity contribution in [3.05, 3.63) is 0 Å². The van der Waals surface area contributed by atoms with E-state index in [0.29, 0.717) is 19.4 Å². The van der Waals surface area contributed by atoms with E-state index >= 15 is 0 Å². The number of amides is 1. The summed E-state index contributed by atoms with van der Waals surface area (Å²) in [6.45, 7) is 0.500. The summed E-state index contributed by atoms with van der Waals surface area (Å²) in [6, 6.07) is 1.97. The van der Waals surface area contributed by atoms with E-state index in [1.807, 2.05) is 6.07 Å². The van der Waals surface area contributed by atoms with E-state index in [0.717, 1.165) is 0 Å². The fourth-order valence-corrected chi connectivity index (χ4v) is 0.430. The molecular weight excluding hydrogens is 132 g/mol. The van der Waals surface area contributed by atoms with Gasteiger partial charge >= 0.3 is 6.09 Å². The van der Waals surface area contributed by atoms with E-state index in [4.69, 9.17) is 5.26 Å². The number of unbranched alkanes of at least 4 members (excludes halogenated alkanes) is 1. The lowest BCUT2D eigenvalue weighted by atomic mass is 10.3. The van der Waals surface area contributed by atoms with Crippen LogP contribution in [0.4, 0.5) is 4.79 Å². The van der Waals surface area contributed by atoms with Crippen molar-refractivity contribution in [2.24, 2.45) is 0 Å². The van der Waals surface area contributed by atoms with Gasteiger partial charge in [0.25, 0.3) is 0 Å². The molecule has 0 aliphatic heterocycles. The average molecular weight is 142 g/mol. The Balaban J connectivity index is 3.05. The van der Waals surface area contributed by atoms with Gasteiger partial charge < -0.3 is 10.1 Å². The number of carbonyl (C=O) groups is 1. The Labute approximate surface area is 59.8 Å². The SMILES string of the molecule is COC(=O)NCCCC#N. The zero-order valence-electron chi connectivity index (χ0n) is 5.89. The van der Waals surface area contributed by atoms with Gasteiger partial charge in [0, 0.05) is 13.0 Å². The van der Waals surface area contributed by atoms with Gasteiger partial charge in [-0.05, 0) is 6.42 Å². The lowest BCUT2D eigenvalue weighted by Gasteiger charge is -1.99. The number of ether oxygens (including phenoxy) is 1. The van der Waals surface area contributed by atoms with Crippen molar-refractivity contribution in [3.63, 3.8) is 0 Å². The number of nitriles is 1. The molecule has 4 nitrogen and oxygen atoms in total. The third-order valence-corrected chi connectivity index (χ3v) is 0.920. The molecule has 0 aromatic heterocycles. The summed E-state index contributed by atoms with van der Waals surface area (Å²) >= 11 is 0. The molecule has 0 aliphatic rings. The van der Waals surface area contributed by atoms with E-state index in [1.165, 1.54) is 7.11 Å². The van der Waals surface area contributed by atoms with Crippen molar-refractivity contribution in [1.29, 1.82) is 5.26 Å². The molecule has 0 bridgehead atoms. The van der Waals surface area contributed by atoms with Gasteiger partial charge in [0.2, 0.25) is 0 Å². The molecule has 0 spiro atoms. The molecule has 0 heterocycles. The molecule has 0 aliphatic carbocycles. The average Bonchev–Trinajstić information content (AvgIpc) is 1.98. The molecule has 56 valence electrons. The maximum Gasteiger partial charge on any atom is 0.406 e. The Hall–Kier alpha value is -1.24. The van der Waals surface area contributed by atoms with Crippen molar-refractivity contribution >= 4 is 6.09 Å². The number of carbonyl (C=O) groups excluding carboxylic acids is 1. The molecule has 1 N–H and O–H groups in total. The monoisotopic (exact) mass is 142 g/mol. The number of hydrogen-bond acceptors (Lipinski definition) is 3. The minimum Gasteiger partial charge on any atom is -0.453 e. The van der Waals surface area contributed by atoms with Gasteiger partial charge in [-0.1, -0.05) is 0 Å². The summed E-state index contributed by atoms with van der Waals surface area (Å²) in [6.07, 6.45) is 0.688. The van der Waals surface area contributed by atoms with Gasteiger partial charge in [-0.3, -0.25) is 0 Å². The largest absolute Gasteiger partial charge is 0.453 e. The van der Waals surface area contributed by atoms with Gasteiger partial charge in [0.05, 0.1) is 13.2 Å². The van der Waals surface area contributed by atoms with Gasteiger partial charge in [-0.15, -0.1) is 0 Å². The first-order valence-corrected chi connectivity index (χ1v) is 3.00. The molecular formula is C6H10N2O2.